The van der Waals surface area contributed by atoms with Crippen molar-refractivity contribution in [3.8, 4) is 0 Å². The fraction of sp³-hybridized carbons (Fsp3) is 0.743. The van der Waals surface area contributed by atoms with E-state index in [-0.39, 0.29) is 43.4 Å². The van der Waals surface area contributed by atoms with Crippen molar-refractivity contribution in [1.82, 2.24) is 0 Å². The van der Waals surface area contributed by atoms with Crippen LogP contribution in [0.25, 0.3) is 0 Å². The molecule has 2 saturated heterocycles. The van der Waals surface area contributed by atoms with Gasteiger partial charge in [0.25, 0.3) is 0 Å². The van der Waals surface area contributed by atoms with Gasteiger partial charge in [0.15, 0.2) is 6.29 Å². The van der Waals surface area contributed by atoms with Crippen LogP contribution in [0, 0.1) is 34.0 Å². The molecule has 45 heavy (non-hydrogen) atoms. The van der Waals surface area contributed by atoms with E-state index < -0.39 is 65.0 Å². The van der Waals surface area contributed by atoms with E-state index in [4.69, 9.17) is 28.4 Å². The van der Waals surface area contributed by atoms with Crippen LogP contribution in [0.3, 0.4) is 0 Å². The van der Waals surface area contributed by atoms with Crippen LogP contribution in [0.2, 0.25) is 0 Å². The number of fused-ring (bicyclic) bond motifs is 4. The Bertz CT molecular complexity index is 1360. The summed E-state index contributed by atoms with van der Waals surface area (Å²) in [6.07, 6.45) is 1.04. The average molecular weight is 629 g/mol. The predicted octanol–water partition coefficient (Wildman–Crippen LogP) is 4.20. The molecule has 1 N–H and O–H groups in total. The highest BCUT2D eigenvalue weighted by Crippen LogP contribution is 2.72. The third-order valence-electron chi connectivity index (χ3n) is 12.4. The SMILES string of the molecule is C/C=C(\C)C(=O)O[C@@H]1[C@@H]2OC[C@]3(C)[C@H](OC(C)=O)C[C@H](O)[C@@](C)([C@@H]23)[C@H]2C[C@H](OCC)O[C@H]3C[C@@H](C4=CCOC4=O)C(C)=C3[C@]12C. The van der Waals surface area contributed by atoms with E-state index in [1.807, 2.05) is 19.9 Å². The fourth-order valence-corrected chi connectivity index (χ4v) is 10.4. The summed E-state index contributed by atoms with van der Waals surface area (Å²) < 4.78 is 37.5. The monoisotopic (exact) mass is 628 g/mol. The van der Waals surface area contributed by atoms with Gasteiger partial charge >= 0.3 is 17.9 Å². The van der Waals surface area contributed by atoms with Gasteiger partial charge in [-0.2, -0.15) is 0 Å². The van der Waals surface area contributed by atoms with E-state index in [1.54, 1.807) is 19.9 Å². The maximum Gasteiger partial charge on any atom is 0.334 e. The molecule has 0 spiro atoms. The molecule has 10 nitrogen and oxygen atoms in total. The quantitative estimate of drug-likeness (QED) is 0.198. The van der Waals surface area contributed by atoms with Gasteiger partial charge in [0.2, 0.25) is 0 Å². The van der Waals surface area contributed by atoms with Gasteiger partial charge in [-0.3, -0.25) is 4.79 Å². The molecule has 0 amide bonds. The molecule has 248 valence electrons. The smallest absolute Gasteiger partial charge is 0.334 e. The van der Waals surface area contributed by atoms with E-state index in [9.17, 15) is 19.5 Å². The zero-order valence-corrected chi connectivity index (χ0v) is 27.7. The first-order valence-corrected chi connectivity index (χ1v) is 16.4. The van der Waals surface area contributed by atoms with Gasteiger partial charge in [-0.15, -0.1) is 0 Å². The van der Waals surface area contributed by atoms with E-state index in [1.165, 1.54) is 6.92 Å². The summed E-state index contributed by atoms with van der Waals surface area (Å²) in [4.78, 5) is 38.7. The van der Waals surface area contributed by atoms with Crippen molar-refractivity contribution in [1.29, 1.82) is 0 Å². The lowest BCUT2D eigenvalue weighted by Gasteiger charge is -2.66. The van der Waals surface area contributed by atoms with Gasteiger partial charge in [-0.1, -0.05) is 32.4 Å². The lowest BCUT2D eigenvalue weighted by Crippen LogP contribution is -2.72. The third kappa shape index (κ3) is 4.60. The molecule has 0 radical (unpaired) electrons. The standard InChI is InChI=1S/C35H48O10/c1-9-17(3)31(38)45-30-28-29-33(6,16-42-28)25(43-19(5)36)15-24(37)34(29,7)23-14-26(40-10-2)44-22-13-21(20-11-12-41-32(20)39)18(4)27(22)35(23,30)8/h9,11,21-26,28-30,37H,10,12-16H2,1-8H3/b17-9+/t21-,22+,23-,24+,25-,26-,28-,29+,30-,33-,34+,35-/m1/s1. The summed E-state index contributed by atoms with van der Waals surface area (Å²) in [5.74, 6) is -2.00. The lowest BCUT2D eigenvalue weighted by molar-refractivity contribution is -0.259. The number of allylic oxidation sites excluding steroid dienone is 2. The Morgan fingerprint density at radius 3 is 2.49 bits per heavy atom. The van der Waals surface area contributed by atoms with E-state index in [0.717, 1.165) is 11.1 Å². The number of carbonyl (C=O) groups is 3. The number of esters is 3. The van der Waals surface area contributed by atoms with Crippen molar-refractivity contribution in [3.05, 3.63) is 34.4 Å². The Morgan fingerprint density at radius 2 is 1.87 bits per heavy atom. The number of ether oxygens (including phenoxy) is 6. The predicted molar refractivity (Wildman–Crippen MR) is 161 cm³/mol. The minimum absolute atomic E-state index is 0.226. The topological polar surface area (TPSA) is 127 Å². The number of aliphatic hydroxyl groups excluding tert-OH is 1. The molecule has 0 bridgehead atoms. The zero-order valence-electron chi connectivity index (χ0n) is 27.7. The van der Waals surface area contributed by atoms with Crippen molar-refractivity contribution in [2.24, 2.45) is 34.0 Å². The molecule has 3 aliphatic carbocycles. The summed E-state index contributed by atoms with van der Waals surface area (Å²) >= 11 is 0. The van der Waals surface area contributed by atoms with Gasteiger partial charge in [0.1, 0.15) is 18.8 Å². The van der Waals surface area contributed by atoms with Crippen LogP contribution in [0.15, 0.2) is 34.4 Å². The summed E-state index contributed by atoms with van der Waals surface area (Å²) in [6, 6.07) is 0. The van der Waals surface area contributed by atoms with E-state index >= 15 is 0 Å². The second kappa shape index (κ2) is 11.3. The van der Waals surface area contributed by atoms with Crippen LogP contribution < -0.4 is 0 Å². The van der Waals surface area contributed by atoms with Crippen LogP contribution in [0.1, 0.15) is 74.7 Å². The Hall–Kier alpha value is -2.53. The summed E-state index contributed by atoms with van der Waals surface area (Å²) in [5, 5.41) is 12.2. The third-order valence-corrected chi connectivity index (χ3v) is 12.4. The maximum absolute atomic E-state index is 13.7. The first-order valence-electron chi connectivity index (χ1n) is 16.4. The highest BCUT2D eigenvalue weighted by atomic mass is 16.7. The average Bonchev–Trinajstić information content (AvgIpc) is 3.64. The molecule has 3 aliphatic heterocycles. The lowest BCUT2D eigenvalue weighted by atomic mass is 9.39. The molecule has 3 heterocycles. The summed E-state index contributed by atoms with van der Waals surface area (Å²) in [7, 11) is 0. The van der Waals surface area contributed by atoms with Gasteiger partial charge in [-0.25, -0.2) is 9.59 Å². The van der Waals surface area contributed by atoms with Crippen LogP contribution in [0.5, 0.6) is 0 Å². The van der Waals surface area contributed by atoms with Crippen LogP contribution in [0.4, 0.5) is 0 Å². The van der Waals surface area contributed by atoms with Crippen molar-refractivity contribution in [2.45, 2.75) is 111 Å². The van der Waals surface area contributed by atoms with Gasteiger partial charge < -0.3 is 33.5 Å². The molecule has 6 rings (SSSR count). The molecule has 12 atom stereocenters. The first-order chi connectivity index (χ1) is 21.2. The van der Waals surface area contributed by atoms with Crippen molar-refractivity contribution < 1.29 is 47.9 Å². The highest BCUT2D eigenvalue weighted by molar-refractivity contribution is 5.92. The number of cyclic esters (lactones) is 1. The maximum atomic E-state index is 13.7. The molecular weight excluding hydrogens is 580 g/mol. The molecule has 0 aromatic carbocycles. The van der Waals surface area contributed by atoms with Crippen LogP contribution in [-0.2, 0) is 42.8 Å². The van der Waals surface area contributed by atoms with E-state index in [0.29, 0.717) is 30.6 Å². The molecule has 0 unspecified atom stereocenters. The second-order valence-electron chi connectivity index (χ2n) is 14.5. The molecule has 0 aromatic heterocycles. The minimum Gasteiger partial charge on any atom is -0.462 e. The van der Waals surface area contributed by atoms with Gasteiger partial charge in [-0.05, 0) is 51.7 Å². The molecular formula is C35H48O10. The Labute approximate surface area is 265 Å². The summed E-state index contributed by atoms with van der Waals surface area (Å²) in [6.45, 7) is 16.2. The van der Waals surface area contributed by atoms with Crippen molar-refractivity contribution >= 4 is 17.9 Å². The number of aliphatic hydroxyl groups is 1. The zero-order chi connectivity index (χ0) is 32.6. The Kier molecular flexibility index (Phi) is 8.15. The normalized spacial score (nSPS) is 45.6. The fourth-order valence-electron chi connectivity index (χ4n) is 10.4. The Morgan fingerprint density at radius 1 is 1.13 bits per heavy atom. The number of hydrogen-bond donors (Lipinski definition) is 1. The van der Waals surface area contributed by atoms with Crippen molar-refractivity contribution in [2.75, 3.05) is 19.8 Å². The molecule has 6 aliphatic rings. The first kappa shape index (κ1) is 32.4. The molecule has 10 heteroatoms. The molecule has 2 saturated carbocycles. The largest absolute Gasteiger partial charge is 0.462 e. The van der Waals surface area contributed by atoms with E-state index in [2.05, 4.69) is 20.8 Å². The van der Waals surface area contributed by atoms with Gasteiger partial charge in [0, 0.05) is 65.6 Å². The highest BCUT2D eigenvalue weighted by Gasteiger charge is 2.77. The minimum atomic E-state index is -0.863. The van der Waals surface area contributed by atoms with Crippen LogP contribution in [-0.4, -0.2) is 79.6 Å². The second-order valence-corrected chi connectivity index (χ2v) is 14.5. The summed E-state index contributed by atoms with van der Waals surface area (Å²) in [5.41, 5.74) is 0.803. The molecule has 0 aromatic rings. The van der Waals surface area contributed by atoms with Crippen molar-refractivity contribution in [3.63, 3.8) is 0 Å². The molecule has 4 fully saturated rings. The van der Waals surface area contributed by atoms with Crippen LogP contribution >= 0.6 is 0 Å². The van der Waals surface area contributed by atoms with Gasteiger partial charge in [0.05, 0.1) is 24.9 Å². The number of hydrogen-bond acceptors (Lipinski definition) is 10. The number of rotatable bonds is 6. The Balaban J connectivity index is 1.58. The number of carbonyl (C=O) groups excluding carboxylic acids is 3.